The van der Waals surface area contributed by atoms with Crippen LogP contribution < -0.4 is 0 Å². The molecule has 0 aliphatic rings. The van der Waals surface area contributed by atoms with Crippen molar-refractivity contribution in [2.75, 3.05) is 0 Å². The predicted octanol–water partition coefficient (Wildman–Crippen LogP) is 3.89. The third-order valence-corrected chi connectivity index (χ3v) is 3.80. The Morgan fingerprint density at radius 3 is 2.36 bits per heavy atom. The quantitative estimate of drug-likeness (QED) is 0.477. The van der Waals surface area contributed by atoms with Gasteiger partial charge in [-0.25, -0.2) is 14.4 Å². The number of hydrogen-bond acceptors (Lipinski definition) is 2. The molecule has 0 amide bonds. The predicted molar refractivity (Wildman–Crippen MR) is 75.6 cm³/mol. The molecule has 0 aliphatic heterocycles. The van der Waals surface area contributed by atoms with E-state index in [0.29, 0.717) is 4.60 Å². The first-order chi connectivity index (χ1) is 10.2. The molecule has 3 heterocycles. The average molecular weight is 377 g/mol. The van der Waals surface area contributed by atoms with Crippen LogP contribution in [-0.2, 0) is 20.3 Å². The summed E-state index contributed by atoms with van der Waals surface area (Å²) in [6.45, 7) is 0. The molecule has 0 fully saturated rings. The molecule has 0 bridgehead atoms. The van der Waals surface area contributed by atoms with Gasteiger partial charge in [0, 0.05) is 14.1 Å². The SMILES string of the molecule is Cn1c(C(F)(F)F)cc2nc(-c3nc(Br)ccc3F)n(C)c21. The minimum Gasteiger partial charge on any atom is -0.325 e. The molecule has 3 rings (SSSR count). The van der Waals surface area contributed by atoms with Gasteiger partial charge in [-0.2, -0.15) is 13.2 Å². The summed E-state index contributed by atoms with van der Waals surface area (Å²) in [6.07, 6.45) is -4.48. The Balaban J connectivity index is 2.26. The molecule has 3 aromatic rings. The van der Waals surface area contributed by atoms with Crippen LogP contribution in [0.2, 0.25) is 0 Å². The number of halogens is 5. The van der Waals surface area contributed by atoms with Crippen molar-refractivity contribution in [2.45, 2.75) is 6.18 Å². The van der Waals surface area contributed by atoms with Crippen LogP contribution in [0, 0.1) is 5.82 Å². The highest BCUT2D eigenvalue weighted by atomic mass is 79.9. The Morgan fingerprint density at radius 2 is 1.77 bits per heavy atom. The van der Waals surface area contributed by atoms with Gasteiger partial charge in [0.1, 0.15) is 27.2 Å². The fourth-order valence-electron chi connectivity index (χ4n) is 2.40. The molecule has 0 unspecified atom stereocenters. The lowest BCUT2D eigenvalue weighted by molar-refractivity contribution is -0.142. The third kappa shape index (κ3) is 2.20. The van der Waals surface area contributed by atoms with Crippen LogP contribution in [0.3, 0.4) is 0 Å². The van der Waals surface area contributed by atoms with E-state index in [9.17, 15) is 17.6 Å². The van der Waals surface area contributed by atoms with Crippen LogP contribution in [0.25, 0.3) is 22.7 Å². The van der Waals surface area contributed by atoms with Crippen molar-refractivity contribution in [3.63, 3.8) is 0 Å². The van der Waals surface area contributed by atoms with Gasteiger partial charge in [0.15, 0.2) is 11.6 Å². The Morgan fingerprint density at radius 1 is 1.09 bits per heavy atom. The number of nitrogens with zero attached hydrogens (tertiary/aromatic N) is 4. The van der Waals surface area contributed by atoms with E-state index in [0.717, 1.165) is 10.6 Å². The normalized spacial score (nSPS) is 12.3. The van der Waals surface area contributed by atoms with E-state index in [2.05, 4.69) is 25.9 Å². The van der Waals surface area contributed by atoms with Crippen molar-refractivity contribution in [3.8, 4) is 11.5 Å². The second kappa shape index (κ2) is 4.80. The smallest absolute Gasteiger partial charge is 0.325 e. The van der Waals surface area contributed by atoms with Gasteiger partial charge in [-0.1, -0.05) is 0 Å². The Hall–Kier alpha value is -1.90. The van der Waals surface area contributed by atoms with Crippen molar-refractivity contribution in [3.05, 3.63) is 34.3 Å². The summed E-state index contributed by atoms with van der Waals surface area (Å²) in [5.41, 5.74) is -0.464. The van der Waals surface area contributed by atoms with Gasteiger partial charge in [-0.05, 0) is 34.1 Å². The maximum absolute atomic E-state index is 13.9. The van der Waals surface area contributed by atoms with Crippen molar-refractivity contribution in [1.82, 2.24) is 19.1 Å². The average Bonchev–Trinajstić information content (AvgIpc) is 2.91. The fourth-order valence-corrected chi connectivity index (χ4v) is 2.71. The van der Waals surface area contributed by atoms with Gasteiger partial charge in [-0.3, -0.25) is 0 Å². The molecule has 0 saturated carbocycles. The number of aryl methyl sites for hydroxylation is 2. The molecule has 116 valence electrons. The zero-order valence-corrected chi connectivity index (χ0v) is 13.0. The molecule has 3 aromatic heterocycles. The standard InChI is InChI=1S/C13H9BrF4N4/c1-21-8(13(16,17)18)5-7-12(21)22(2)11(19-7)10-6(15)3-4-9(14)20-10/h3-5H,1-2H3. The highest BCUT2D eigenvalue weighted by molar-refractivity contribution is 9.10. The maximum atomic E-state index is 13.9. The van der Waals surface area contributed by atoms with E-state index < -0.39 is 17.7 Å². The first-order valence-electron chi connectivity index (χ1n) is 6.12. The van der Waals surface area contributed by atoms with Gasteiger partial charge < -0.3 is 9.13 Å². The molecule has 0 aromatic carbocycles. The zero-order valence-electron chi connectivity index (χ0n) is 11.4. The lowest BCUT2D eigenvalue weighted by atomic mass is 10.3. The molecule has 0 radical (unpaired) electrons. The maximum Gasteiger partial charge on any atom is 0.431 e. The van der Waals surface area contributed by atoms with Crippen LogP contribution >= 0.6 is 15.9 Å². The van der Waals surface area contributed by atoms with Crippen LogP contribution in [-0.4, -0.2) is 19.1 Å². The first-order valence-corrected chi connectivity index (χ1v) is 6.91. The molecule has 9 heteroatoms. The molecule has 0 N–H and O–H groups in total. The monoisotopic (exact) mass is 376 g/mol. The summed E-state index contributed by atoms with van der Waals surface area (Å²) in [5, 5.41) is 0. The largest absolute Gasteiger partial charge is 0.431 e. The van der Waals surface area contributed by atoms with E-state index in [1.807, 2.05) is 0 Å². The number of hydrogen-bond donors (Lipinski definition) is 0. The Bertz CT molecular complexity index is 878. The number of fused-ring (bicyclic) bond motifs is 1. The molecule has 0 saturated heterocycles. The lowest BCUT2D eigenvalue weighted by Crippen LogP contribution is -2.12. The Labute approximate surface area is 130 Å². The zero-order chi connectivity index (χ0) is 16.2. The minimum absolute atomic E-state index is 0.0263. The number of rotatable bonds is 1. The van der Waals surface area contributed by atoms with E-state index in [1.54, 1.807) is 0 Å². The summed E-state index contributed by atoms with van der Waals surface area (Å²) in [5.74, 6) is -0.439. The molecule has 0 atom stereocenters. The van der Waals surface area contributed by atoms with Crippen molar-refractivity contribution < 1.29 is 17.6 Å². The first kappa shape index (κ1) is 15.0. The third-order valence-electron chi connectivity index (χ3n) is 3.36. The van der Waals surface area contributed by atoms with Gasteiger partial charge >= 0.3 is 6.18 Å². The van der Waals surface area contributed by atoms with Gasteiger partial charge in [0.25, 0.3) is 0 Å². The molecular formula is C13H9BrF4N4. The summed E-state index contributed by atoms with van der Waals surface area (Å²) in [6, 6.07) is 3.59. The van der Waals surface area contributed by atoms with Crippen molar-refractivity contribution in [1.29, 1.82) is 0 Å². The van der Waals surface area contributed by atoms with E-state index in [1.165, 1.54) is 30.8 Å². The molecule has 0 aliphatic carbocycles. The van der Waals surface area contributed by atoms with Crippen LogP contribution in [0.5, 0.6) is 0 Å². The van der Waals surface area contributed by atoms with Crippen molar-refractivity contribution >= 4 is 27.1 Å². The highest BCUT2D eigenvalue weighted by Crippen LogP contribution is 2.34. The number of alkyl halides is 3. The summed E-state index contributed by atoms with van der Waals surface area (Å²) >= 11 is 3.14. The molecule has 0 spiro atoms. The van der Waals surface area contributed by atoms with E-state index >= 15 is 0 Å². The summed E-state index contributed by atoms with van der Waals surface area (Å²) < 4.78 is 55.4. The molecule has 22 heavy (non-hydrogen) atoms. The van der Waals surface area contributed by atoms with Crippen molar-refractivity contribution in [2.24, 2.45) is 14.1 Å². The minimum atomic E-state index is -4.48. The van der Waals surface area contributed by atoms with Crippen LogP contribution in [0.4, 0.5) is 17.6 Å². The van der Waals surface area contributed by atoms with E-state index in [4.69, 9.17) is 0 Å². The fraction of sp³-hybridized carbons (Fsp3) is 0.231. The Kier molecular flexibility index (Phi) is 3.28. The van der Waals surface area contributed by atoms with Gasteiger partial charge in [-0.15, -0.1) is 0 Å². The van der Waals surface area contributed by atoms with Gasteiger partial charge in [0.05, 0.1) is 0 Å². The number of aromatic nitrogens is 4. The van der Waals surface area contributed by atoms with Gasteiger partial charge in [0.2, 0.25) is 0 Å². The summed E-state index contributed by atoms with van der Waals surface area (Å²) in [7, 11) is 2.81. The summed E-state index contributed by atoms with van der Waals surface area (Å²) in [4.78, 5) is 8.10. The molecular weight excluding hydrogens is 368 g/mol. The second-order valence-electron chi connectivity index (χ2n) is 4.75. The highest BCUT2D eigenvalue weighted by Gasteiger charge is 2.36. The number of imidazole rings is 1. The van der Waals surface area contributed by atoms with E-state index in [-0.39, 0.29) is 22.7 Å². The topological polar surface area (TPSA) is 35.6 Å². The number of pyridine rings is 1. The molecule has 4 nitrogen and oxygen atoms in total. The van der Waals surface area contributed by atoms with Crippen LogP contribution in [0.15, 0.2) is 22.8 Å². The lowest BCUT2D eigenvalue weighted by Gasteiger charge is -2.09. The van der Waals surface area contributed by atoms with Crippen LogP contribution in [0.1, 0.15) is 5.69 Å². The second-order valence-corrected chi connectivity index (χ2v) is 5.57.